The van der Waals surface area contributed by atoms with Crippen LogP contribution in [-0.4, -0.2) is 16.6 Å². The second-order valence-corrected chi connectivity index (χ2v) is 5.98. The first-order chi connectivity index (χ1) is 11.8. The van der Waals surface area contributed by atoms with Crippen molar-refractivity contribution in [2.45, 2.75) is 5.16 Å². The third-order valence-electron chi connectivity index (χ3n) is 3.21. The summed E-state index contributed by atoms with van der Waals surface area (Å²) in [5, 5.41) is 10.1. The van der Waals surface area contributed by atoms with Crippen LogP contribution in [0.5, 0.6) is 5.75 Å². The Morgan fingerprint density at radius 3 is 2.96 bits per heavy atom. The monoisotopic (exact) mass is 333 g/mol. The zero-order chi connectivity index (χ0) is 16.8. The fraction of sp³-hybridized carbons (Fsp3) is 0.0526. The zero-order valence-electron chi connectivity index (χ0n) is 12.9. The van der Waals surface area contributed by atoms with Crippen molar-refractivity contribution in [2.75, 3.05) is 6.61 Å². The second kappa shape index (κ2) is 7.53. The molecule has 0 aliphatic rings. The SMILES string of the molecule is C=CCOc1cccc(/C=C(\C#N)Sc2nc3ccccc3[nH]2)c1. The molecular formula is C19H15N3OS. The van der Waals surface area contributed by atoms with Crippen LogP contribution in [0, 0.1) is 11.3 Å². The van der Waals surface area contributed by atoms with Gasteiger partial charge in [-0.05, 0) is 47.7 Å². The average molecular weight is 333 g/mol. The molecule has 1 N–H and O–H groups in total. The highest BCUT2D eigenvalue weighted by Gasteiger charge is 2.06. The Hall–Kier alpha value is -2.97. The van der Waals surface area contributed by atoms with Crippen molar-refractivity contribution in [2.24, 2.45) is 0 Å². The van der Waals surface area contributed by atoms with Gasteiger partial charge in [-0.15, -0.1) is 0 Å². The van der Waals surface area contributed by atoms with E-state index in [4.69, 9.17) is 4.74 Å². The van der Waals surface area contributed by atoms with Gasteiger partial charge in [0, 0.05) is 0 Å². The number of H-pyrrole nitrogens is 1. The molecule has 2 aromatic carbocycles. The first-order valence-electron chi connectivity index (χ1n) is 7.36. The highest BCUT2D eigenvalue weighted by molar-refractivity contribution is 8.03. The van der Waals surface area contributed by atoms with Crippen LogP contribution < -0.4 is 4.74 Å². The average Bonchev–Trinajstić information content (AvgIpc) is 3.02. The molecule has 0 amide bonds. The third-order valence-corrected chi connectivity index (χ3v) is 4.02. The maximum Gasteiger partial charge on any atom is 0.171 e. The minimum absolute atomic E-state index is 0.450. The van der Waals surface area contributed by atoms with Crippen LogP contribution in [-0.2, 0) is 0 Å². The fourth-order valence-electron chi connectivity index (χ4n) is 2.17. The summed E-state index contributed by atoms with van der Waals surface area (Å²) in [7, 11) is 0. The van der Waals surface area contributed by atoms with E-state index in [2.05, 4.69) is 22.6 Å². The topological polar surface area (TPSA) is 61.7 Å². The van der Waals surface area contributed by atoms with E-state index in [0.29, 0.717) is 16.7 Å². The molecule has 0 bridgehead atoms. The number of nitrogens with one attached hydrogen (secondary N) is 1. The van der Waals surface area contributed by atoms with E-state index >= 15 is 0 Å². The van der Waals surface area contributed by atoms with Gasteiger partial charge in [-0.2, -0.15) is 5.26 Å². The number of imidazole rings is 1. The highest BCUT2D eigenvalue weighted by Crippen LogP contribution is 2.28. The van der Waals surface area contributed by atoms with Gasteiger partial charge in [0.2, 0.25) is 0 Å². The van der Waals surface area contributed by atoms with Gasteiger partial charge in [-0.1, -0.05) is 36.9 Å². The van der Waals surface area contributed by atoms with Crippen LogP contribution >= 0.6 is 11.8 Å². The van der Waals surface area contributed by atoms with E-state index in [0.717, 1.165) is 22.3 Å². The number of aromatic nitrogens is 2. The Balaban J connectivity index is 1.81. The van der Waals surface area contributed by atoms with E-state index in [1.807, 2.05) is 54.6 Å². The van der Waals surface area contributed by atoms with Gasteiger partial charge >= 0.3 is 0 Å². The molecule has 1 aromatic heterocycles. The maximum absolute atomic E-state index is 9.41. The van der Waals surface area contributed by atoms with Gasteiger partial charge in [0.1, 0.15) is 18.4 Å². The smallest absolute Gasteiger partial charge is 0.171 e. The molecule has 0 unspecified atom stereocenters. The second-order valence-electron chi connectivity index (χ2n) is 4.95. The number of para-hydroxylation sites is 2. The van der Waals surface area contributed by atoms with Crippen molar-refractivity contribution < 1.29 is 4.74 Å². The Morgan fingerprint density at radius 1 is 1.29 bits per heavy atom. The van der Waals surface area contributed by atoms with Crippen molar-refractivity contribution in [1.82, 2.24) is 9.97 Å². The number of hydrogen-bond donors (Lipinski definition) is 1. The zero-order valence-corrected chi connectivity index (χ0v) is 13.7. The van der Waals surface area contributed by atoms with Crippen LogP contribution in [0.1, 0.15) is 5.56 Å². The molecular weight excluding hydrogens is 318 g/mol. The van der Waals surface area contributed by atoms with Gasteiger partial charge in [-0.25, -0.2) is 4.98 Å². The molecule has 1 heterocycles. The Bertz CT molecular complexity index is 904. The lowest BCUT2D eigenvalue weighted by atomic mass is 10.2. The van der Waals surface area contributed by atoms with Crippen molar-refractivity contribution in [1.29, 1.82) is 5.26 Å². The summed E-state index contributed by atoms with van der Waals surface area (Å²) in [6, 6.07) is 17.6. The summed E-state index contributed by atoms with van der Waals surface area (Å²) in [5.41, 5.74) is 2.74. The van der Waals surface area contributed by atoms with Crippen LogP contribution in [0.4, 0.5) is 0 Å². The van der Waals surface area contributed by atoms with E-state index < -0.39 is 0 Å². The van der Waals surface area contributed by atoms with Crippen molar-refractivity contribution >= 4 is 28.9 Å². The summed E-state index contributed by atoms with van der Waals surface area (Å²) in [6.07, 6.45) is 3.51. The summed E-state index contributed by atoms with van der Waals surface area (Å²) < 4.78 is 5.51. The Kier molecular flexibility index (Phi) is 4.99. The molecule has 118 valence electrons. The summed E-state index contributed by atoms with van der Waals surface area (Å²) in [5.74, 6) is 0.745. The molecule has 3 aromatic rings. The van der Waals surface area contributed by atoms with Crippen LogP contribution in [0.25, 0.3) is 17.1 Å². The molecule has 24 heavy (non-hydrogen) atoms. The quantitative estimate of drug-likeness (QED) is 0.400. The van der Waals surface area contributed by atoms with Crippen molar-refractivity contribution in [3.63, 3.8) is 0 Å². The van der Waals surface area contributed by atoms with Crippen LogP contribution in [0.15, 0.2) is 71.2 Å². The summed E-state index contributed by atoms with van der Waals surface area (Å²) >= 11 is 1.31. The standard InChI is InChI=1S/C19H15N3OS/c1-2-10-23-15-7-5-6-14(11-15)12-16(13-20)24-19-21-17-8-3-4-9-18(17)22-19/h2-9,11-12H,1,10H2,(H,21,22)/b16-12+. The van der Waals surface area contributed by atoms with Gasteiger partial charge in [0.15, 0.2) is 5.16 Å². The van der Waals surface area contributed by atoms with Crippen LogP contribution in [0.3, 0.4) is 0 Å². The molecule has 0 saturated heterocycles. The number of thioether (sulfide) groups is 1. The summed E-state index contributed by atoms with van der Waals surface area (Å²) in [6.45, 7) is 4.08. The number of rotatable bonds is 6. The maximum atomic E-state index is 9.41. The molecule has 0 fully saturated rings. The normalized spacial score (nSPS) is 11.2. The van der Waals surface area contributed by atoms with Crippen molar-refractivity contribution in [3.8, 4) is 11.8 Å². The van der Waals surface area contributed by atoms with Crippen molar-refractivity contribution in [3.05, 3.63) is 71.7 Å². The largest absolute Gasteiger partial charge is 0.490 e. The summed E-state index contributed by atoms with van der Waals surface area (Å²) in [4.78, 5) is 8.24. The number of allylic oxidation sites excluding steroid dienone is 1. The van der Waals surface area contributed by atoms with Gasteiger partial charge in [0.05, 0.1) is 15.9 Å². The van der Waals surface area contributed by atoms with Gasteiger partial charge in [0.25, 0.3) is 0 Å². The number of nitrogens with zero attached hydrogens (tertiary/aromatic N) is 2. The first-order valence-corrected chi connectivity index (χ1v) is 8.18. The minimum atomic E-state index is 0.450. The lowest BCUT2D eigenvalue weighted by Crippen LogP contribution is -1.92. The molecule has 0 atom stereocenters. The van der Waals surface area contributed by atoms with Crippen LogP contribution in [0.2, 0.25) is 0 Å². The van der Waals surface area contributed by atoms with E-state index in [9.17, 15) is 5.26 Å². The minimum Gasteiger partial charge on any atom is -0.490 e. The predicted octanol–water partition coefficient (Wildman–Crippen LogP) is 4.78. The van der Waals surface area contributed by atoms with Gasteiger partial charge < -0.3 is 9.72 Å². The molecule has 4 nitrogen and oxygen atoms in total. The first kappa shape index (κ1) is 15.9. The number of nitriles is 1. The number of hydrogen-bond acceptors (Lipinski definition) is 4. The predicted molar refractivity (Wildman–Crippen MR) is 97.7 cm³/mol. The molecule has 0 aliphatic carbocycles. The molecule has 0 saturated carbocycles. The number of benzene rings is 2. The number of aromatic amines is 1. The number of fused-ring (bicyclic) bond motifs is 1. The lowest BCUT2D eigenvalue weighted by molar-refractivity contribution is 0.363. The highest BCUT2D eigenvalue weighted by atomic mass is 32.2. The van der Waals surface area contributed by atoms with Gasteiger partial charge in [-0.3, -0.25) is 0 Å². The fourth-order valence-corrected chi connectivity index (χ4v) is 2.92. The lowest BCUT2D eigenvalue weighted by Gasteiger charge is -2.04. The molecule has 5 heteroatoms. The van der Waals surface area contributed by atoms with E-state index in [1.165, 1.54) is 11.8 Å². The Morgan fingerprint density at radius 2 is 2.17 bits per heavy atom. The molecule has 0 aliphatic heterocycles. The molecule has 3 rings (SSSR count). The van der Waals surface area contributed by atoms with E-state index in [-0.39, 0.29) is 0 Å². The Labute approximate surface area is 144 Å². The molecule has 0 radical (unpaired) electrons. The number of ether oxygens (including phenoxy) is 1. The van der Waals surface area contributed by atoms with E-state index in [1.54, 1.807) is 6.08 Å². The third kappa shape index (κ3) is 3.86. The molecule has 0 spiro atoms.